The van der Waals surface area contributed by atoms with Crippen molar-refractivity contribution in [2.45, 2.75) is 39.1 Å². The highest BCUT2D eigenvalue weighted by Crippen LogP contribution is 2.28. The van der Waals surface area contributed by atoms with Crippen molar-refractivity contribution in [3.63, 3.8) is 0 Å². The van der Waals surface area contributed by atoms with Gasteiger partial charge in [0.1, 0.15) is 0 Å². The Hall–Kier alpha value is -2.59. The molecular formula is C23H25NO2S. The van der Waals surface area contributed by atoms with Crippen molar-refractivity contribution in [2.24, 2.45) is 0 Å². The summed E-state index contributed by atoms with van der Waals surface area (Å²) in [5, 5.41) is 0. The molecule has 3 aromatic carbocycles. The summed E-state index contributed by atoms with van der Waals surface area (Å²) in [4.78, 5) is 0.305. The summed E-state index contributed by atoms with van der Waals surface area (Å²) >= 11 is 0. The smallest absolute Gasteiger partial charge is 0.262 e. The minimum atomic E-state index is -3.68. The molecule has 0 radical (unpaired) electrons. The molecule has 0 N–H and O–H groups in total. The second kappa shape index (κ2) is 7.57. The van der Waals surface area contributed by atoms with Crippen LogP contribution in [0.3, 0.4) is 0 Å². The molecule has 0 aliphatic rings. The molecule has 3 nitrogen and oxygen atoms in total. The van der Waals surface area contributed by atoms with Gasteiger partial charge in [-0.15, -0.1) is 0 Å². The Kier molecular flexibility index (Phi) is 5.38. The lowest BCUT2D eigenvalue weighted by Crippen LogP contribution is -2.31. The zero-order chi connectivity index (χ0) is 19.6. The molecule has 0 aliphatic heterocycles. The molecule has 0 saturated heterocycles. The number of rotatable bonds is 5. The van der Waals surface area contributed by atoms with Crippen LogP contribution in [0.2, 0.25) is 0 Å². The fraction of sp³-hybridized carbons (Fsp3) is 0.217. The lowest BCUT2D eigenvalue weighted by molar-refractivity contribution is 0.590. The Bertz CT molecular complexity index is 1050. The molecule has 0 unspecified atom stereocenters. The van der Waals surface area contributed by atoms with Crippen molar-refractivity contribution in [3.8, 4) is 0 Å². The third-order valence-electron chi connectivity index (χ3n) is 4.96. The largest absolute Gasteiger partial charge is 0.264 e. The summed E-state index contributed by atoms with van der Waals surface area (Å²) in [6.45, 7) is 8.28. The number of benzene rings is 3. The molecule has 0 fully saturated rings. The SMILES string of the molecule is Cc1ccc(S(=O)(=O)N(Cc2ccccc2C)c2ccc(C)c(C)c2)cc1. The minimum absolute atomic E-state index is 0.297. The van der Waals surface area contributed by atoms with E-state index in [4.69, 9.17) is 0 Å². The lowest BCUT2D eigenvalue weighted by atomic mass is 10.1. The molecule has 0 aliphatic carbocycles. The molecule has 140 valence electrons. The van der Waals surface area contributed by atoms with Gasteiger partial charge in [0.05, 0.1) is 17.1 Å². The topological polar surface area (TPSA) is 37.4 Å². The molecule has 0 heterocycles. The third kappa shape index (κ3) is 4.06. The van der Waals surface area contributed by atoms with Crippen LogP contribution < -0.4 is 4.31 Å². The normalized spacial score (nSPS) is 11.4. The molecular weight excluding hydrogens is 354 g/mol. The maximum absolute atomic E-state index is 13.5. The average molecular weight is 380 g/mol. The highest BCUT2D eigenvalue weighted by molar-refractivity contribution is 7.92. The van der Waals surface area contributed by atoms with Crippen LogP contribution >= 0.6 is 0 Å². The highest BCUT2D eigenvalue weighted by Gasteiger charge is 2.26. The molecule has 0 spiro atoms. The Labute approximate surface area is 162 Å². The van der Waals surface area contributed by atoms with Gasteiger partial charge in [-0.3, -0.25) is 4.31 Å². The van der Waals surface area contributed by atoms with Crippen molar-refractivity contribution >= 4 is 15.7 Å². The van der Waals surface area contributed by atoms with E-state index in [1.165, 1.54) is 4.31 Å². The fourth-order valence-electron chi connectivity index (χ4n) is 2.98. The number of nitrogens with zero attached hydrogens (tertiary/aromatic N) is 1. The number of sulfonamides is 1. The summed E-state index contributed by atoms with van der Waals surface area (Å²) in [5.74, 6) is 0. The second-order valence-corrected chi connectivity index (χ2v) is 8.88. The van der Waals surface area contributed by atoms with Gasteiger partial charge in [-0.1, -0.05) is 48.0 Å². The van der Waals surface area contributed by atoms with Crippen molar-refractivity contribution < 1.29 is 8.42 Å². The fourth-order valence-corrected chi connectivity index (χ4v) is 4.41. The summed E-state index contributed by atoms with van der Waals surface area (Å²) < 4.78 is 28.5. The number of aryl methyl sites for hydroxylation is 4. The van der Waals surface area contributed by atoms with Gasteiger partial charge in [0.15, 0.2) is 0 Å². The molecule has 4 heteroatoms. The van der Waals surface area contributed by atoms with Crippen molar-refractivity contribution in [3.05, 3.63) is 94.5 Å². The zero-order valence-electron chi connectivity index (χ0n) is 16.2. The van der Waals surface area contributed by atoms with Crippen LogP contribution in [0.25, 0.3) is 0 Å². The number of anilines is 1. The quantitative estimate of drug-likeness (QED) is 0.602. The second-order valence-electron chi connectivity index (χ2n) is 7.02. The van der Waals surface area contributed by atoms with Gasteiger partial charge < -0.3 is 0 Å². The third-order valence-corrected chi connectivity index (χ3v) is 6.75. The van der Waals surface area contributed by atoms with Gasteiger partial charge >= 0.3 is 0 Å². The van der Waals surface area contributed by atoms with E-state index in [1.54, 1.807) is 12.1 Å². The average Bonchev–Trinajstić information content (AvgIpc) is 2.64. The van der Waals surface area contributed by atoms with Gasteiger partial charge in [-0.25, -0.2) is 8.42 Å². The number of hydrogen-bond donors (Lipinski definition) is 0. The van der Waals surface area contributed by atoms with Crippen molar-refractivity contribution in [1.82, 2.24) is 0 Å². The van der Waals surface area contributed by atoms with Crippen LogP contribution in [0.1, 0.15) is 27.8 Å². The Balaban J connectivity index is 2.12. The molecule has 27 heavy (non-hydrogen) atoms. The first-order valence-corrected chi connectivity index (χ1v) is 10.4. The predicted molar refractivity (Wildman–Crippen MR) is 112 cm³/mol. The van der Waals surface area contributed by atoms with Gasteiger partial charge in [0, 0.05) is 0 Å². The van der Waals surface area contributed by atoms with Crippen LogP contribution in [-0.2, 0) is 16.6 Å². The van der Waals surface area contributed by atoms with E-state index in [2.05, 4.69) is 0 Å². The van der Waals surface area contributed by atoms with E-state index < -0.39 is 10.0 Å². The van der Waals surface area contributed by atoms with E-state index >= 15 is 0 Å². The Morgan fingerprint density at radius 2 is 1.41 bits per heavy atom. The van der Waals surface area contributed by atoms with E-state index in [1.807, 2.05) is 82.3 Å². The van der Waals surface area contributed by atoms with E-state index in [-0.39, 0.29) is 0 Å². The van der Waals surface area contributed by atoms with Gasteiger partial charge in [0.25, 0.3) is 10.0 Å². The molecule has 3 aromatic rings. The summed E-state index contributed by atoms with van der Waals surface area (Å²) in [6, 6.07) is 20.7. The molecule has 0 saturated carbocycles. The lowest BCUT2D eigenvalue weighted by Gasteiger charge is -2.26. The molecule has 0 atom stereocenters. The maximum Gasteiger partial charge on any atom is 0.264 e. The van der Waals surface area contributed by atoms with E-state index in [0.717, 1.165) is 27.8 Å². The van der Waals surface area contributed by atoms with Gasteiger partial charge in [-0.05, 0) is 74.2 Å². The van der Waals surface area contributed by atoms with Crippen LogP contribution in [0.4, 0.5) is 5.69 Å². The number of hydrogen-bond acceptors (Lipinski definition) is 2. The standard InChI is InChI=1S/C23H25NO2S/c1-17-9-13-23(14-10-17)27(25,26)24(16-21-8-6-5-7-19(21)3)22-12-11-18(2)20(4)15-22/h5-15H,16H2,1-4H3. The minimum Gasteiger partial charge on any atom is -0.262 e. The molecule has 3 rings (SSSR count). The first kappa shape index (κ1) is 19.2. The van der Waals surface area contributed by atoms with Crippen molar-refractivity contribution in [1.29, 1.82) is 0 Å². The summed E-state index contributed by atoms with van der Waals surface area (Å²) in [7, 11) is -3.68. The zero-order valence-corrected chi connectivity index (χ0v) is 17.0. The van der Waals surface area contributed by atoms with Crippen LogP contribution in [-0.4, -0.2) is 8.42 Å². The van der Waals surface area contributed by atoms with E-state index in [0.29, 0.717) is 17.1 Å². The molecule has 0 aromatic heterocycles. The van der Waals surface area contributed by atoms with Crippen LogP contribution in [0.5, 0.6) is 0 Å². The van der Waals surface area contributed by atoms with Crippen LogP contribution in [0.15, 0.2) is 71.6 Å². The Morgan fingerprint density at radius 3 is 2.04 bits per heavy atom. The molecule has 0 amide bonds. The highest BCUT2D eigenvalue weighted by atomic mass is 32.2. The first-order valence-electron chi connectivity index (χ1n) is 9.00. The Morgan fingerprint density at radius 1 is 0.741 bits per heavy atom. The van der Waals surface area contributed by atoms with Gasteiger partial charge in [-0.2, -0.15) is 0 Å². The monoisotopic (exact) mass is 379 g/mol. The summed E-state index contributed by atoms with van der Waals surface area (Å²) in [6.07, 6.45) is 0. The van der Waals surface area contributed by atoms with Gasteiger partial charge in [0.2, 0.25) is 0 Å². The predicted octanol–water partition coefficient (Wildman–Crippen LogP) is 5.32. The summed E-state index contributed by atoms with van der Waals surface area (Å²) in [5.41, 5.74) is 5.99. The van der Waals surface area contributed by atoms with Crippen molar-refractivity contribution in [2.75, 3.05) is 4.31 Å². The van der Waals surface area contributed by atoms with Crippen LogP contribution in [0, 0.1) is 27.7 Å². The molecule has 0 bridgehead atoms. The maximum atomic E-state index is 13.5. The van der Waals surface area contributed by atoms with E-state index in [9.17, 15) is 8.42 Å². The first-order chi connectivity index (χ1) is 12.8.